The summed E-state index contributed by atoms with van der Waals surface area (Å²) in [5.41, 5.74) is 4.73. The number of piperazine rings is 1. The third kappa shape index (κ3) is 9.87. The molecule has 0 bridgehead atoms. The standard InChI is InChI=1S/C21H26N2O4.C14H21NO2/c1-25-20-6-3-2-5-17(20)16-26-13-4-14-27-19-9-7-18(8-10-19)23-12-11-22-15-21(23)24;1-16-10-4-9-15-8-3-5-12-6-7-13(17-2)11-14(12)15/h2-3,5-10,22H,4,11-16H2,1H3;6-7,11H,3-5,8-10H2,1-2H3. The molecule has 0 aromatic heterocycles. The van der Waals surface area contributed by atoms with Crippen LogP contribution >= 0.6 is 0 Å². The van der Waals surface area contributed by atoms with Gasteiger partial charge in [-0.05, 0) is 61.2 Å². The van der Waals surface area contributed by atoms with Crippen LogP contribution in [0.15, 0.2) is 66.7 Å². The van der Waals surface area contributed by atoms with Gasteiger partial charge in [-0.2, -0.15) is 0 Å². The fourth-order valence-corrected chi connectivity index (χ4v) is 5.35. The second-order valence-corrected chi connectivity index (χ2v) is 10.7. The Hall–Kier alpha value is -3.79. The van der Waals surface area contributed by atoms with Crippen molar-refractivity contribution < 1.29 is 28.5 Å². The first-order valence-corrected chi connectivity index (χ1v) is 15.5. The quantitative estimate of drug-likeness (QED) is 0.254. The van der Waals surface area contributed by atoms with Gasteiger partial charge in [0.25, 0.3) is 0 Å². The smallest absolute Gasteiger partial charge is 0.240 e. The Kier molecular flexibility index (Phi) is 13.6. The Bertz CT molecular complexity index is 1290. The molecule has 0 aliphatic carbocycles. The van der Waals surface area contributed by atoms with Crippen molar-refractivity contribution in [3.63, 3.8) is 0 Å². The van der Waals surface area contributed by atoms with Crippen molar-refractivity contribution in [3.8, 4) is 17.2 Å². The Morgan fingerprint density at radius 1 is 0.841 bits per heavy atom. The topological polar surface area (TPSA) is 81.7 Å². The first-order chi connectivity index (χ1) is 21.6. The number of nitrogens with zero attached hydrogens (tertiary/aromatic N) is 2. The minimum Gasteiger partial charge on any atom is -0.497 e. The van der Waals surface area contributed by atoms with E-state index in [1.54, 1.807) is 26.2 Å². The fourth-order valence-electron chi connectivity index (χ4n) is 5.35. The molecule has 9 heteroatoms. The molecule has 2 aliphatic heterocycles. The summed E-state index contributed by atoms with van der Waals surface area (Å²) in [4.78, 5) is 16.1. The van der Waals surface area contributed by atoms with Gasteiger partial charge in [0.1, 0.15) is 17.2 Å². The number of para-hydroxylation sites is 1. The van der Waals surface area contributed by atoms with Crippen molar-refractivity contribution in [2.24, 2.45) is 0 Å². The lowest BCUT2D eigenvalue weighted by Gasteiger charge is -2.31. The highest BCUT2D eigenvalue weighted by atomic mass is 16.5. The number of anilines is 2. The molecular formula is C35H47N3O6. The molecule has 5 rings (SSSR count). The van der Waals surface area contributed by atoms with Crippen molar-refractivity contribution in [3.05, 3.63) is 77.9 Å². The van der Waals surface area contributed by atoms with E-state index < -0.39 is 0 Å². The second-order valence-electron chi connectivity index (χ2n) is 10.7. The Labute approximate surface area is 262 Å². The molecule has 1 N–H and O–H groups in total. The number of hydrogen-bond donors (Lipinski definition) is 1. The minimum atomic E-state index is 0.0992. The number of ether oxygens (including phenoxy) is 5. The zero-order chi connectivity index (χ0) is 31.0. The number of hydrogen-bond acceptors (Lipinski definition) is 8. The second kappa shape index (κ2) is 18.1. The summed E-state index contributed by atoms with van der Waals surface area (Å²) in [5.74, 6) is 2.69. The Morgan fingerprint density at radius 3 is 2.43 bits per heavy atom. The van der Waals surface area contributed by atoms with E-state index in [2.05, 4.69) is 28.4 Å². The van der Waals surface area contributed by atoms with E-state index in [9.17, 15) is 4.79 Å². The molecule has 0 unspecified atom stereocenters. The van der Waals surface area contributed by atoms with Crippen LogP contribution in [0.3, 0.4) is 0 Å². The van der Waals surface area contributed by atoms with Crippen LogP contribution in [0.2, 0.25) is 0 Å². The number of fused-ring (bicyclic) bond motifs is 1. The first kappa shape index (κ1) is 33.1. The van der Waals surface area contributed by atoms with Crippen LogP contribution in [0.1, 0.15) is 30.4 Å². The van der Waals surface area contributed by atoms with Gasteiger partial charge < -0.3 is 38.8 Å². The average molecular weight is 606 g/mol. The third-order valence-corrected chi connectivity index (χ3v) is 7.67. The van der Waals surface area contributed by atoms with E-state index in [1.165, 1.54) is 24.1 Å². The van der Waals surface area contributed by atoms with E-state index in [0.29, 0.717) is 32.9 Å². The number of nitrogens with one attached hydrogen (secondary N) is 1. The highest BCUT2D eigenvalue weighted by Gasteiger charge is 2.19. The highest BCUT2D eigenvalue weighted by Crippen LogP contribution is 2.31. The lowest BCUT2D eigenvalue weighted by atomic mass is 10.0. The lowest BCUT2D eigenvalue weighted by molar-refractivity contribution is -0.118. The molecule has 0 spiro atoms. The molecule has 0 radical (unpaired) electrons. The van der Waals surface area contributed by atoms with Crippen molar-refractivity contribution >= 4 is 17.3 Å². The zero-order valence-electron chi connectivity index (χ0n) is 26.4. The summed E-state index contributed by atoms with van der Waals surface area (Å²) >= 11 is 0. The summed E-state index contributed by atoms with van der Waals surface area (Å²) in [5, 5.41) is 3.07. The van der Waals surface area contributed by atoms with Gasteiger partial charge in [0.15, 0.2) is 0 Å². The lowest BCUT2D eigenvalue weighted by Crippen LogP contribution is -2.48. The van der Waals surface area contributed by atoms with Gasteiger partial charge in [0, 0.05) is 69.3 Å². The van der Waals surface area contributed by atoms with Crippen LogP contribution in [-0.4, -0.2) is 79.8 Å². The summed E-state index contributed by atoms with van der Waals surface area (Å²) in [7, 11) is 5.14. The molecule has 2 heterocycles. The Balaban J connectivity index is 0.000000223. The summed E-state index contributed by atoms with van der Waals surface area (Å²) in [6.07, 6.45) is 4.30. The summed E-state index contributed by atoms with van der Waals surface area (Å²) in [6.45, 7) is 6.67. The van der Waals surface area contributed by atoms with Gasteiger partial charge in [-0.25, -0.2) is 0 Å². The number of amides is 1. The van der Waals surface area contributed by atoms with Crippen molar-refractivity contribution in [1.29, 1.82) is 0 Å². The van der Waals surface area contributed by atoms with Gasteiger partial charge in [0.2, 0.25) is 5.91 Å². The minimum absolute atomic E-state index is 0.0992. The number of carbonyl (C=O) groups is 1. The van der Waals surface area contributed by atoms with E-state index in [1.807, 2.05) is 48.5 Å². The van der Waals surface area contributed by atoms with Gasteiger partial charge in [0.05, 0.1) is 40.6 Å². The van der Waals surface area contributed by atoms with Crippen molar-refractivity contribution in [1.82, 2.24) is 5.32 Å². The molecule has 3 aromatic carbocycles. The van der Waals surface area contributed by atoms with Crippen LogP contribution in [0.5, 0.6) is 17.2 Å². The van der Waals surface area contributed by atoms with Gasteiger partial charge in [-0.1, -0.05) is 24.3 Å². The van der Waals surface area contributed by atoms with E-state index in [-0.39, 0.29) is 5.91 Å². The maximum Gasteiger partial charge on any atom is 0.240 e. The molecular weight excluding hydrogens is 558 g/mol. The van der Waals surface area contributed by atoms with Crippen LogP contribution in [0.25, 0.3) is 0 Å². The van der Waals surface area contributed by atoms with Gasteiger partial charge >= 0.3 is 0 Å². The molecule has 9 nitrogen and oxygen atoms in total. The molecule has 238 valence electrons. The predicted octanol–water partition coefficient (Wildman–Crippen LogP) is 5.10. The third-order valence-electron chi connectivity index (χ3n) is 7.67. The Morgan fingerprint density at radius 2 is 1.66 bits per heavy atom. The van der Waals surface area contributed by atoms with Crippen LogP contribution in [0.4, 0.5) is 11.4 Å². The molecule has 0 atom stereocenters. The molecule has 0 saturated carbocycles. The van der Waals surface area contributed by atoms with Crippen molar-refractivity contribution in [2.45, 2.75) is 32.3 Å². The van der Waals surface area contributed by atoms with Crippen molar-refractivity contribution in [2.75, 3.05) is 83.7 Å². The molecule has 1 amide bonds. The van der Waals surface area contributed by atoms with E-state index in [4.69, 9.17) is 23.7 Å². The molecule has 1 saturated heterocycles. The SMILES string of the molecule is COCCCN1CCCc2ccc(OC)cc21.COc1ccccc1COCCCOc1ccc(N2CCNCC2=O)cc1. The van der Waals surface area contributed by atoms with E-state index in [0.717, 1.165) is 67.6 Å². The number of benzene rings is 3. The first-order valence-electron chi connectivity index (χ1n) is 15.5. The molecule has 2 aliphatic rings. The largest absolute Gasteiger partial charge is 0.497 e. The zero-order valence-corrected chi connectivity index (χ0v) is 26.4. The molecule has 3 aromatic rings. The van der Waals surface area contributed by atoms with Crippen LogP contribution in [-0.2, 0) is 27.3 Å². The maximum atomic E-state index is 11.9. The predicted molar refractivity (Wildman–Crippen MR) is 174 cm³/mol. The maximum absolute atomic E-state index is 11.9. The number of aryl methyl sites for hydroxylation is 1. The van der Waals surface area contributed by atoms with Crippen LogP contribution in [0, 0.1) is 0 Å². The molecule has 44 heavy (non-hydrogen) atoms. The number of carbonyl (C=O) groups excluding carboxylic acids is 1. The monoisotopic (exact) mass is 605 g/mol. The molecule has 1 fully saturated rings. The van der Waals surface area contributed by atoms with E-state index >= 15 is 0 Å². The summed E-state index contributed by atoms with van der Waals surface area (Å²) in [6, 6.07) is 21.9. The van der Waals surface area contributed by atoms with Crippen LogP contribution < -0.4 is 29.3 Å². The average Bonchev–Trinajstić information content (AvgIpc) is 3.07. The number of rotatable bonds is 14. The number of methoxy groups -OCH3 is 3. The fraction of sp³-hybridized carbons (Fsp3) is 0.457. The van der Waals surface area contributed by atoms with Gasteiger partial charge in [-0.3, -0.25) is 4.79 Å². The highest BCUT2D eigenvalue weighted by molar-refractivity contribution is 5.95. The normalized spacial score (nSPS) is 14.4. The summed E-state index contributed by atoms with van der Waals surface area (Å²) < 4.78 is 27.2. The van der Waals surface area contributed by atoms with Gasteiger partial charge in [-0.15, -0.1) is 0 Å².